The molecule has 1 aliphatic carbocycles. The van der Waals surface area contributed by atoms with Crippen molar-refractivity contribution in [3.05, 3.63) is 54.1 Å². The van der Waals surface area contributed by atoms with E-state index in [-0.39, 0.29) is 11.9 Å². The number of carbonyl (C=O) groups excluding carboxylic acids is 1. The zero-order chi connectivity index (χ0) is 22.7. The maximum Gasteiger partial charge on any atom is 0.238 e. The average Bonchev–Trinajstić information content (AvgIpc) is 3.23. The van der Waals surface area contributed by atoms with Crippen LogP contribution in [0.4, 0.5) is 0 Å². The normalized spacial score (nSPS) is 23.7. The minimum absolute atomic E-state index is 0.0754. The second kappa shape index (κ2) is 9.43. The molecule has 4 rings (SSSR count). The number of sulfone groups is 1. The van der Waals surface area contributed by atoms with Crippen LogP contribution in [0.15, 0.2) is 53.4 Å². The largest absolute Gasteiger partial charge is 0.339 e. The van der Waals surface area contributed by atoms with E-state index in [9.17, 15) is 18.5 Å². The Morgan fingerprint density at radius 3 is 2.31 bits per heavy atom. The van der Waals surface area contributed by atoms with E-state index < -0.39 is 15.9 Å². The van der Waals surface area contributed by atoms with Gasteiger partial charge in [0.25, 0.3) is 0 Å². The van der Waals surface area contributed by atoms with Gasteiger partial charge in [-0.2, -0.15) is 5.26 Å². The molecule has 2 aromatic carbocycles. The summed E-state index contributed by atoms with van der Waals surface area (Å²) in [5.74, 6) is 0.507. The number of hydrogen-bond acceptors (Lipinski definition) is 5. The Hall–Kier alpha value is -2.69. The molecule has 1 amide bonds. The number of benzene rings is 2. The van der Waals surface area contributed by atoms with Crippen LogP contribution in [0, 0.1) is 17.2 Å². The first kappa shape index (κ1) is 22.5. The van der Waals surface area contributed by atoms with Crippen molar-refractivity contribution in [2.24, 2.45) is 5.92 Å². The Kier molecular flexibility index (Phi) is 6.63. The van der Waals surface area contributed by atoms with Gasteiger partial charge in [-0.3, -0.25) is 4.79 Å². The van der Waals surface area contributed by atoms with Crippen LogP contribution >= 0.6 is 0 Å². The van der Waals surface area contributed by atoms with Crippen LogP contribution in [-0.4, -0.2) is 38.7 Å². The molecule has 1 heterocycles. The van der Waals surface area contributed by atoms with Gasteiger partial charge in [-0.25, -0.2) is 8.42 Å². The summed E-state index contributed by atoms with van der Waals surface area (Å²) < 4.78 is 23.2. The highest BCUT2D eigenvalue weighted by atomic mass is 32.2. The molecule has 168 valence electrons. The second-order valence-corrected chi connectivity index (χ2v) is 11.0. The van der Waals surface area contributed by atoms with Crippen molar-refractivity contribution in [2.45, 2.75) is 61.5 Å². The summed E-state index contributed by atoms with van der Waals surface area (Å²) in [5.41, 5.74) is 2.84. The molecule has 2 aliphatic rings. The first-order valence-electron chi connectivity index (χ1n) is 11.2. The molecular formula is C25H29N3O3S. The summed E-state index contributed by atoms with van der Waals surface area (Å²) in [4.78, 5) is 13.0. The number of nitriles is 1. The van der Waals surface area contributed by atoms with Gasteiger partial charge in [-0.1, -0.05) is 49.2 Å². The maximum absolute atomic E-state index is 12.7. The number of fused-ring (bicyclic) bond motifs is 1. The van der Waals surface area contributed by atoms with E-state index in [0.717, 1.165) is 29.5 Å². The van der Waals surface area contributed by atoms with Gasteiger partial charge in [-0.15, -0.1) is 0 Å². The lowest BCUT2D eigenvalue weighted by Crippen LogP contribution is -2.47. The summed E-state index contributed by atoms with van der Waals surface area (Å²) >= 11 is 0. The highest BCUT2D eigenvalue weighted by Gasteiger charge is 2.38. The Balaban J connectivity index is 1.35. The van der Waals surface area contributed by atoms with E-state index in [1.165, 1.54) is 25.5 Å². The Morgan fingerprint density at radius 2 is 1.72 bits per heavy atom. The van der Waals surface area contributed by atoms with Gasteiger partial charge in [0.15, 0.2) is 9.84 Å². The first-order valence-corrected chi connectivity index (χ1v) is 13.1. The van der Waals surface area contributed by atoms with Crippen LogP contribution in [0.1, 0.15) is 37.7 Å². The quantitative estimate of drug-likeness (QED) is 0.703. The minimum Gasteiger partial charge on any atom is -0.339 e. The number of nitrogens with one attached hydrogen (secondary N) is 2. The predicted octanol–water partition coefficient (Wildman–Crippen LogP) is 3.23. The molecule has 32 heavy (non-hydrogen) atoms. The van der Waals surface area contributed by atoms with Crippen molar-refractivity contribution in [3.8, 4) is 17.2 Å². The molecule has 2 aromatic rings. The van der Waals surface area contributed by atoms with E-state index in [0.29, 0.717) is 23.3 Å². The third-order valence-corrected chi connectivity index (χ3v) is 7.79. The molecule has 2 N–H and O–H groups in total. The van der Waals surface area contributed by atoms with Crippen molar-refractivity contribution in [3.63, 3.8) is 0 Å². The fourth-order valence-corrected chi connectivity index (χ4v) is 5.52. The van der Waals surface area contributed by atoms with Gasteiger partial charge in [-0.05, 0) is 54.0 Å². The molecule has 0 unspecified atom stereocenters. The molecule has 6 nitrogen and oxygen atoms in total. The molecule has 1 saturated heterocycles. The Labute approximate surface area is 190 Å². The van der Waals surface area contributed by atoms with Crippen LogP contribution in [0.2, 0.25) is 0 Å². The van der Waals surface area contributed by atoms with E-state index in [1.807, 2.05) is 24.3 Å². The van der Waals surface area contributed by atoms with Crippen molar-refractivity contribution < 1.29 is 13.2 Å². The summed E-state index contributed by atoms with van der Waals surface area (Å²) in [6.45, 7) is 0. The van der Waals surface area contributed by atoms with Gasteiger partial charge >= 0.3 is 0 Å². The summed E-state index contributed by atoms with van der Waals surface area (Å²) in [7, 11) is -3.22. The molecule has 0 radical (unpaired) electrons. The van der Waals surface area contributed by atoms with E-state index in [4.69, 9.17) is 0 Å². The molecule has 0 bridgehead atoms. The zero-order valence-electron chi connectivity index (χ0n) is 18.3. The van der Waals surface area contributed by atoms with Crippen molar-refractivity contribution in [1.29, 1.82) is 5.26 Å². The van der Waals surface area contributed by atoms with Crippen molar-refractivity contribution in [1.82, 2.24) is 10.6 Å². The third-order valence-electron chi connectivity index (χ3n) is 6.66. The van der Waals surface area contributed by atoms with Crippen LogP contribution in [0.25, 0.3) is 11.1 Å². The van der Waals surface area contributed by atoms with Gasteiger partial charge < -0.3 is 10.6 Å². The fourth-order valence-electron chi connectivity index (χ4n) is 4.89. The van der Waals surface area contributed by atoms with Gasteiger partial charge in [0.1, 0.15) is 6.04 Å². The Bertz CT molecular complexity index is 1090. The van der Waals surface area contributed by atoms with Gasteiger partial charge in [0.05, 0.1) is 17.0 Å². The lowest BCUT2D eigenvalue weighted by Gasteiger charge is -2.24. The van der Waals surface area contributed by atoms with Crippen LogP contribution < -0.4 is 10.6 Å². The smallest absolute Gasteiger partial charge is 0.238 e. The fraction of sp³-hybridized carbons (Fsp3) is 0.440. The topological polar surface area (TPSA) is 99.1 Å². The molecule has 0 aromatic heterocycles. The lowest BCUT2D eigenvalue weighted by molar-refractivity contribution is -0.123. The minimum atomic E-state index is -3.22. The van der Waals surface area contributed by atoms with Crippen LogP contribution in [0.3, 0.4) is 0 Å². The summed E-state index contributed by atoms with van der Waals surface area (Å²) in [5, 5.41) is 16.0. The molecule has 1 saturated carbocycles. The molecule has 4 atom stereocenters. The van der Waals surface area contributed by atoms with E-state index in [1.54, 1.807) is 24.3 Å². The number of nitrogens with zero attached hydrogens (tertiary/aromatic N) is 1. The van der Waals surface area contributed by atoms with Crippen LogP contribution in [-0.2, 0) is 21.1 Å². The number of hydrogen-bond donors (Lipinski definition) is 2. The van der Waals surface area contributed by atoms with Gasteiger partial charge in [0.2, 0.25) is 5.91 Å². The Morgan fingerprint density at radius 1 is 1.09 bits per heavy atom. The highest BCUT2D eigenvalue weighted by molar-refractivity contribution is 7.90. The summed E-state index contributed by atoms with van der Waals surface area (Å²) in [6, 6.07) is 16.5. The maximum atomic E-state index is 12.7. The SMILES string of the molecule is CS(=O)(=O)c1ccc(-c2ccc(C[C@@H](C#N)NC(=O)[C@@H]3C[C@@H]4CCCC[C@@H]4N3)cc2)cc1. The molecule has 2 fully saturated rings. The molecule has 0 spiro atoms. The second-order valence-electron chi connectivity index (χ2n) is 8.99. The standard InChI is InChI=1S/C25H29N3O3S/c1-32(30,31)22-12-10-19(11-13-22)18-8-6-17(7-9-18)14-21(16-26)27-25(29)24-15-20-4-2-3-5-23(20)28-24/h6-13,20-21,23-24,28H,2-5,14-15H2,1H3,(H,27,29)/t20-,21-,23-,24-/m0/s1. The van der Waals surface area contributed by atoms with E-state index >= 15 is 0 Å². The third kappa shape index (κ3) is 5.20. The van der Waals surface area contributed by atoms with Crippen molar-refractivity contribution >= 4 is 15.7 Å². The van der Waals surface area contributed by atoms with Crippen LogP contribution in [0.5, 0.6) is 0 Å². The van der Waals surface area contributed by atoms with Gasteiger partial charge in [0, 0.05) is 18.7 Å². The molecular weight excluding hydrogens is 422 g/mol. The molecule has 7 heteroatoms. The summed E-state index contributed by atoms with van der Waals surface area (Å²) in [6.07, 6.45) is 7.29. The average molecular weight is 452 g/mol. The lowest BCUT2D eigenvalue weighted by atomic mass is 9.85. The monoisotopic (exact) mass is 451 g/mol. The number of carbonyl (C=O) groups is 1. The number of rotatable bonds is 6. The van der Waals surface area contributed by atoms with Crippen molar-refractivity contribution in [2.75, 3.05) is 6.26 Å². The number of amides is 1. The first-order chi connectivity index (χ1) is 15.3. The highest BCUT2D eigenvalue weighted by Crippen LogP contribution is 2.33. The predicted molar refractivity (Wildman–Crippen MR) is 124 cm³/mol. The van der Waals surface area contributed by atoms with E-state index in [2.05, 4.69) is 16.7 Å². The molecule has 1 aliphatic heterocycles. The zero-order valence-corrected chi connectivity index (χ0v) is 19.1.